The summed E-state index contributed by atoms with van der Waals surface area (Å²) in [5.74, 6) is -0.282. The van der Waals surface area contributed by atoms with Crippen LogP contribution in [-0.2, 0) is 9.59 Å². The van der Waals surface area contributed by atoms with Gasteiger partial charge in [0.1, 0.15) is 0 Å². The molecule has 146 valence electrons. The molecule has 0 aliphatic carbocycles. The second kappa shape index (κ2) is 10.3. The molecule has 7 nitrogen and oxygen atoms in total. The van der Waals surface area contributed by atoms with Crippen molar-refractivity contribution in [2.75, 3.05) is 22.9 Å². The Balaban J connectivity index is 1.73. The number of aromatic nitrogens is 2. The van der Waals surface area contributed by atoms with Gasteiger partial charge in [0.05, 0.1) is 12.3 Å². The van der Waals surface area contributed by atoms with E-state index in [0.717, 1.165) is 32.7 Å². The Hall–Kier alpha value is -2.13. The van der Waals surface area contributed by atoms with Crippen LogP contribution in [0.3, 0.4) is 0 Å². The summed E-state index contributed by atoms with van der Waals surface area (Å²) in [4.78, 5) is 24.0. The van der Waals surface area contributed by atoms with Gasteiger partial charge in [0, 0.05) is 11.7 Å². The van der Waals surface area contributed by atoms with Crippen molar-refractivity contribution in [2.45, 2.75) is 44.5 Å². The lowest BCUT2D eigenvalue weighted by atomic mass is 10.1. The summed E-state index contributed by atoms with van der Waals surface area (Å²) in [6.07, 6.45) is 0.995. The van der Waals surface area contributed by atoms with Crippen molar-refractivity contribution in [3.05, 3.63) is 29.3 Å². The van der Waals surface area contributed by atoms with Crippen molar-refractivity contribution < 1.29 is 9.59 Å². The number of thioether (sulfide) groups is 1. The summed E-state index contributed by atoms with van der Waals surface area (Å²) >= 11 is 2.72. The third-order valence-corrected chi connectivity index (χ3v) is 6.03. The molecule has 1 unspecified atom stereocenters. The van der Waals surface area contributed by atoms with Gasteiger partial charge in [-0.1, -0.05) is 42.2 Å². The van der Waals surface area contributed by atoms with Gasteiger partial charge in [-0.15, -0.1) is 10.2 Å². The number of hydrogen-bond acceptors (Lipinski definition) is 7. The summed E-state index contributed by atoms with van der Waals surface area (Å²) in [6.45, 7) is 8.04. The van der Waals surface area contributed by atoms with Crippen LogP contribution in [0.25, 0.3) is 0 Å². The van der Waals surface area contributed by atoms with Crippen molar-refractivity contribution in [3.8, 4) is 0 Å². The number of carbonyl (C=O) groups excluding carboxylic acids is 2. The highest BCUT2D eigenvalue weighted by Crippen LogP contribution is 2.25. The average molecular weight is 408 g/mol. The molecule has 9 heteroatoms. The Bertz CT molecular complexity index is 794. The summed E-state index contributed by atoms with van der Waals surface area (Å²) in [6, 6.07) is 6.05. The van der Waals surface area contributed by atoms with E-state index in [1.165, 1.54) is 23.1 Å². The number of rotatable bonds is 9. The van der Waals surface area contributed by atoms with Crippen LogP contribution in [0.15, 0.2) is 22.5 Å². The van der Waals surface area contributed by atoms with E-state index < -0.39 is 0 Å². The van der Waals surface area contributed by atoms with Crippen LogP contribution in [0, 0.1) is 13.8 Å². The minimum Gasteiger partial charge on any atom is -0.358 e. The van der Waals surface area contributed by atoms with Crippen molar-refractivity contribution >= 4 is 45.7 Å². The fourth-order valence-corrected chi connectivity index (χ4v) is 3.77. The van der Waals surface area contributed by atoms with Crippen molar-refractivity contribution in [3.63, 3.8) is 0 Å². The topological polar surface area (TPSA) is 96.0 Å². The first-order valence-corrected chi connectivity index (χ1v) is 10.5. The molecule has 0 fully saturated rings. The second-order valence-corrected chi connectivity index (χ2v) is 8.39. The zero-order chi connectivity index (χ0) is 19.8. The molecule has 0 aliphatic rings. The molecule has 1 aromatic carbocycles. The Kier molecular flexibility index (Phi) is 8.05. The number of hydrogen-bond donors (Lipinski definition) is 3. The molecule has 0 bridgehead atoms. The van der Waals surface area contributed by atoms with Crippen molar-refractivity contribution in [1.82, 2.24) is 15.5 Å². The van der Waals surface area contributed by atoms with E-state index in [1.54, 1.807) is 0 Å². The van der Waals surface area contributed by atoms with Gasteiger partial charge in [0.2, 0.25) is 16.9 Å². The molecular formula is C18H25N5O2S2. The van der Waals surface area contributed by atoms with Crippen LogP contribution in [0.2, 0.25) is 0 Å². The van der Waals surface area contributed by atoms with E-state index in [4.69, 9.17) is 0 Å². The van der Waals surface area contributed by atoms with E-state index in [0.29, 0.717) is 6.04 Å². The summed E-state index contributed by atoms with van der Waals surface area (Å²) in [7, 11) is 0. The van der Waals surface area contributed by atoms with Crippen LogP contribution in [0.4, 0.5) is 10.8 Å². The number of amides is 2. The normalized spacial score (nSPS) is 11.7. The highest BCUT2D eigenvalue weighted by Gasteiger charge is 2.11. The standard InChI is InChI=1S/C18H25N5O2S2/c1-5-12(3)20-17-22-23-18(27-17)26-10-16(25)19-9-15(24)21-14-8-6-7-11(2)13(14)4/h6-8,12H,5,9-10H2,1-4H3,(H,19,25)(H,20,22)(H,21,24). The lowest BCUT2D eigenvalue weighted by Gasteiger charge is -2.10. The summed E-state index contributed by atoms with van der Waals surface area (Å²) in [5.41, 5.74) is 2.89. The van der Waals surface area contributed by atoms with Crippen LogP contribution in [0.5, 0.6) is 0 Å². The largest absolute Gasteiger partial charge is 0.358 e. The van der Waals surface area contributed by atoms with Crippen LogP contribution >= 0.6 is 23.1 Å². The van der Waals surface area contributed by atoms with Gasteiger partial charge in [-0.25, -0.2) is 0 Å². The van der Waals surface area contributed by atoms with Crippen molar-refractivity contribution in [2.24, 2.45) is 0 Å². The van der Waals surface area contributed by atoms with Crippen LogP contribution < -0.4 is 16.0 Å². The highest BCUT2D eigenvalue weighted by molar-refractivity contribution is 8.01. The molecule has 2 amide bonds. The van der Waals surface area contributed by atoms with Gasteiger partial charge in [-0.3, -0.25) is 9.59 Å². The van der Waals surface area contributed by atoms with Gasteiger partial charge < -0.3 is 16.0 Å². The smallest absolute Gasteiger partial charge is 0.243 e. The Morgan fingerprint density at radius 1 is 1.22 bits per heavy atom. The number of aryl methyl sites for hydroxylation is 1. The highest BCUT2D eigenvalue weighted by atomic mass is 32.2. The summed E-state index contributed by atoms with van der Waals surface area (Å²) in [5, 5.41) is 17.6. The molecule has 0 aliphatic heterocycles. The first kappa shape index (κ1) is 21.2. The number of anilines is 2. The van der Waals surface area contributed by atoms with Gasteiger partial charge in [0.15, 0.2) is 4.34 Å². The van der Waals surface area contributed by atoms with E-state index in [2.05, 4.69) is 40.0 Å². The second-order valence-electron chi connectivity index (χ2n) is 6.19. The molecule has 1 heterocycles. The molecule has 0 saturated carbocycles. The molecule has 2 aromatic rings. The monoisotopic (exact) mass is 407 g/mol. The van der Waals surface area contributed by atoms with Crippen LogP contribution in [0.1, 0.15) is 31.4 Å². The molecule has 0 radical (unpaired) electrons. The zero-order valence-corrected chi connectivity index (χ0v) is 17.6. The lowest BCUT2D eigenvalue weighted by Crippen LogP contribution is -2.34. The number of nitrogens with one attached hydrogen (secondary N) is 3. The van der Waals surface area contributed by atoms with Gasteiger partial charge in [0.25, 0.3) is 0 Å². The first-order chi connectivity index (χ1) is 12.9. The lowest BCUT2D eigenvalue weighted by molar-refractivity contribution is -0.122. The molecule has 1 atom stereocenters. The molecule has 27 heavy (non-hydrogen) atoms. The maximum atomic E-state index is 12.0. The fraction of sp³-hybridized carbons (Fsp3) is 0.444. The quantitative estimate of drug-likeness (QED) is 0.553. The van der Waals surface area contributed by atoms with E-state index in [1.807, 2.05) is 32.0 Å². The van der Waals surface area contributed by atoms with E-state index in [-0.39, 0.29) is 24.1 Å². The van der Waals surface area contributed by atoms with Crippen molar-refractivity contribution in [1.29, 1.82) is 0 Å². The van der Waals surface area contributed by atoms with E-state index in [9.17, 15) is 9.59 Å². The minimum absolute atomic E-state index is 0.0658. The van der Waals surface area contributed by atoms with Gasteiger partial charge in [-0.2, -0.15) is 0 Å². The minimum atomic E-state index is -0.252. The SMILES string of the molecule is CCC(C)Nc1nnc(SCC(=O)NCC(=O)Nc2cccc(C)c2C)s1. The number of carbonyl (C=O) groups is 2. The predicted molar refractivity (Wildman–Crippen MR) is 112 cm³/mol. The molecule has 0 spiro atoms. The maximum Gasteiger partial charge on any atom is 0.243 e. The third kappa shape index (κ3) is 6.84. The molecular weight excluding hydrogens is 382 g/mol. The van der Waals surface area contributed by atoms with Crippen LogP contribution in [-0.4, -0.2) is 40.4 Å². The molecule has 1 aromatic heterocycles. The summed E-state index contributed by atoms with van der Waals surface area (Å²) < 4.78 is 0.718. The average Bonchev–Trinajstić information content (AvgIpc) is 3.09. The molecule has 2 rings (SSSR count). The Labute approximate surface area is 167 Å². The zero-order valence-electron chi connectivity index (χ0n) is 16.0. The Morgan fingerprint density at radius 3 is 2.74 bits per heavy atom. The maximum absolute atomic E-state index is 12.0. The van der Waals surface area contributed by atoms with Gasteiger partial charge >= 0.3 is 0 Å². The first-order valence-electron chi connectivity index (χ1n) is 8.74. The number of nitrogens with zero attached hydrogens (tertiary/aromatic N) is 2. The predicted octanol–water partition coefficient (Wildman–Crippen LogP) is 3.21. The number of benzene rings is 1. The molecule has 3 N–H and O–H groups in total. The third-order valence-electron chi connectivity index (χ3n) is 4.04. The molecule has 0 saturated heterocycles. The van der Waals surface area contributed by atoms with Gasteiger partial charge in [-0.05, 0) is 44.4 Å². The van der Waals surface area contributed by atoms with E-state index >= 15 is 0 Å². The Morgan fingerprint density at radius 2 is 2.00 bits per heavy atom. The fourth-order valence-electron chi connectivity index (χ4n) is 2.08.